The predicted molar refractivity (Wildman–Crippen MR) is 141 cm³/mol. The number of carbonyl (C=O) groups is 2. The highest BCUT2D eigenvalue weighted by molar-refractivity contribution is 6.31. The first-order chi connectivity index (χ1) is 17.5. The van der Waals surface area contributed by atoms with E-state index in [0.29, 0.717) is 24.4 Å². The van der Waals surface area contributed by atoms with Crippen LogP contribution in [0.4, 0.5) is 0 Å². The molecule has 180 valence electrons. The molecule has 2 aliphatic rings. The van der Waals surface area contributed by atoms with E-state index in [4.69, 9.17) is 4.74 Å². The molecule has 0 heterocycles. The summed E-state index contributed by atoms with van der Waals surface area (Å²) in [5, 5.41) is 10.4. The average molecular weight is 477 g/mol. The quantitative estimate of drug-likeness (QED) is 0.461. The third kappa shape index (κ3) is 3.61. The number of ketones is 2. The number of hydrogen-bond donors (Lipinski definition) is 1. The molecule has 1 N–H and O–H groups in total. The lowest BCUT2D eigenvalue weighted by Gasteiger charge is -2.49. The molecule has 3 unspecified atom stereocenters. The molecule has 5 rings (SSSR count). The van der Waals surface area contributed by atoms with Gasteiger partial charge in [-0.25, -0.2) is 0 Å². The Balaban J connectivity index is 1.80. The molecular weight excluding hydrogens is 448 g/mol. The molecule has 0 aromatic heterocycles. The first kappa shape index (κ1) is 23.6. The molecule has 0 fully saturated rings. The maximum absolute atomic E-state index is 14.4. The zero-order valence-electron chi connectivity index (χ0n) is 20.2. The Bertz CT molecular complexity index is 1380. The van der Waals surface area contributed by atoms with E-state index in [2.05, 4.69) is 6.58 Å². The maximum Gasteiger partial charge on any atom is 0.168 e. The number of ether oxygens (including phenoxy) is 1. The number of carbonyl (C=O) groups excluding carboxylic acids is 2. The lowest BCUT2D eigenvalue weighted by Crippen LogP contribution is -2.54. The number of phenolic OH excluding ortho intramolecular Hbond substituents is 1. The number of rotatable bonds is 6. The predicted octanol–water partition coefficient (Wildman–Crippen LogP) is 6.18. The molecule has 0 saturated heterocycles. The van der Waals surface area contributed by atoms with Gasteiger partial charge in [-0.3, -0.25) is 9.59 Å². The second-order valence-electron chi connectivity index (χ2n) is 9.18. The van der Waals surface area contributed by atoms with Crippen molar-refractivity contribution < 1.29 is 19.4 Å². The van der Waals surface area contributed by atoms with Gasteiger partial charge in [-0.1, -0.05) is 85.5 Å². The largest absolute Gasteiger partial charge is 0.504 e. The minimum Gasteiger partial charge on any atom is -0.504 e. The number of phenols is 1. The van der Waals surface area contributed by atoms with Crippen molar-refractivity contribution in [2.75, 3.05) is 6.61 Å². The van der Waals surface area contributed by atoms with Gasteiger partial charge in [-0.05, 0) is 53.8 Å². The SMILES string of the molecule is C=CC1=CCC2C(=O)C(c3ccccc3)=CC(=O)C2(c2ccccc2)C1c1ccc(O)c(OCC)c1. The topological polar surface area (TPSA) is 63.6 Å². The summed E-state index contributed by atoms with van der Waals surface area (Å²) in [5.74, 6) is -0.855. The van der Waals surface area contributed by atoms with Crippen LogP contribution in [0.2, 0.25) is 0 Å². The summed E-state index contributed by atoms with van der Waals surface area (Å²) in [6.07, 6.45) is 5.75. The highest BCUT2D eigenvalue weighted by atomic mass is 16.5. The van der Waals surface area contributed by atoms with Crippen molar-refractivity contribution in [1.29, 1.82) is 0 Å². The normalized spacial score (nSPS) is 23.4. The van der Waals surface area contributed by atoms with Crippen LogP contribution in [-0.4, -0.2) is 23.3 Å². The minimum absolute atomic E-state index is 0.0307. The fraction of sp³-hybridized carbons (Fsp3) is 0.188. The third-order valence-electron chi connectivity index (χ3n) is 7.38. The van der Waals surface area contributed by atoms with Crippen LogP contribution in [0.5, 0.6) is 11.5 Å². The Hall–Kier alpha value is -4.18. The van der Waals surface area contributed by atoms with Crippen molar-refractivity contribution in [1.82, 2.24) is 0 Å². The van der Waals surface area contributed by atoms with E-state index in [9.17, 15) is 14.7 Å². The van der Waals surface area contributed by atoms with E-state index in [-0.39, 0.29) is 17.3 Å². The van der Waals surface area contributed by atoms with Crippen molar-refractivity contribution in [3.05, 3.63) is 126 Å². The molecular formula is C32H28O4. The maximum atomic E-state index is 14.4. The van der Waals surface area contributed by atoms with E-state index in [1.165, 1.54) is 6.08 Å². The van der Waals surface area contributed by atoms with Crippen LogP contribution < -0.4 is 4.74 Å². The third-order valence-corrected chi connectivity index (χ3v) is 7.38. The number of aromatic hydroxyl groups is 1. The van der Waals surface area contributed by atoms with Crippen LogP contribution in [0.25, 0.3) is 5.57 Å². The molecule has 3 atom stereocenters. The smallest absolute Gasteiger partial charge is 0.168 e. The van der Waals surface area contributed by atoms with E-state index in [1.54, 1.807) is 24.3 Å². The minimum atomic E-state index is -1.16. The second kappa shape index (κ2) is 9.46. The van der Waals surface area contributed by atoms with Gasteiger partial charge in [-0.2, -0.15) is 0 Å². The monoisotopic (exact) mass is 476 g/mol. The molecule has 0 saturated carbocycles. The summed E-state index contributed by atoms with van der Waals surface area (Å²) in [6.45, 7) is 6.28. The average Bonchev–Trinajstić information content (AvgIpc) is 2.92. The number of fused-ring (bicyclic) bond motifs is 1. The number of hydrogen-bond acceptors (Lipinski definition) is 4. The highest BCUT2D eigenvalue weighted by Gasteiger charge is 2.59. The molecule has 0 aliphatic heterocycles. The van der Waals surface area contributed by atoms with Crippen LogP contribution in [0.1, 0.15) is 36.0 Å². The molecule has 36 heavy (non-hydrogen) atoms. The molecule has 4 nitrogen and oxygen atoms in total. The summed E-state index contributed by atoms with van der Waals surface area (Å²) in [4.78, 5) is 28.6. The van der Waals surface area contributed by atoms with Crippen molar-refractivity contribution in [2.45, 2.75) is 24.7 Å². The number of benzene rings is 3. The van der Waals surface area contributed by atoms with Gasteiger partial charge in [0, 0.05) is 17.4 Å². The van der Waals surface area contributed by atoms with Gasteiger partial charge in [0.2, 0.25) is 0 Å². The van der Waals surface area contributed by atoms with Gasteiger partial charge in [-0.15, -0.1) is 0 Å². The van der Waals surface area contributed by atoms with Crippen LogP contribution >= 0.6 is 0 Å². The van der Waals surface area contributed by atoms with Crippen molar-refractivity contribution in [3.8, 4) is 11.5 Å². The Morgan fingerprint density at radius 1 is 1.03 bits per heavy atom. The molecule has 3 aromatic rings. The number of Topliss-reactive ketones (excluding diaryl/α,β-unsaturated/α-hetero) is 1. The van der Waals surface area contributed by atoms with E-state index >= 15 is 0 Å². The van der Waals surface area contributed by atoms with Crippen LogP contribution in [-0.2, 0) is 15.0 Å². The Labute approximate surface area is 211 Å². The lowest BCUT2D eigenvalue weighted by atomic mass is 9.50. The van der Waals surface area contributed by atoms with Crippen LogP contribution in [0.3, 0.4) is 0 Å². The van der Waals surface area contributed by atoms with E-state index < -0.39 is 17.3 Å². The summed E-state index contributed by atoms with van der Waals surface area (Å²) in [5.41, 5.74) is 2.49. The first-order valence-electron chi connectivity index (χ1n) is 12.2. The molecule has 0 spiro atoms. The lowest BCUT2D eigenvalue weighted by molar-refractivity contribution is -0.131. The summed E-state index contributed by atoms with van der Waals surface area (Å²) >= 11 is 0. The van der Waals surface area contributed by atoms with Gasteiger partial charge in [0.1, 0.15) is 0 Å². The van der Waals surface area contributed by atoms with E-state index in [1.807, 2.05) is 73.7 Å². The second-order valence-corrected chi connectivity index (χ2v) is 9.18. The summed E-state index contributed by atoms with van der Waals surface area (Å²) in [6, 6.07) is 24.1. The fourth-order valence-corrected chi connectivity index (χ4v) is 5.86. The molecule has 0 amide bonds. The van der Waals surface area contributed by atoms with Gasteiger partial charge in [0.05, 0.1) is 12.0 Å². The van der Waals surface area contributed by atoms with Gasteiger partial charge < -0.3 is 9.84 Å². The van der Waals surface area contributed by atoms with Gasteiger partial charge >= 0.3 is 0 Å². The van der Waals surface area contributed by atoms with Gasteiger partial charge in [0.25, 0.3) is 0 Å². The molecule has 0 bridgehead atoms. The highest BCUT2D eigenvalue weighted by Crippen LogP contribution is 2.57. The van der Waals surface area contributed by atoms with Crippen molar-refractivity contribution >= 4 is 17.1 Å². The van der Waals surface area contributed by atoms with Crippen LogP contribution in [0.15, 0.2) is 109 Å². The Kier molecular flexibility index (Phi) is 6.19. The first-order valence-corrected chi connectivity index (χ1v) is 12.2. The Morgan fingerprint density at radius 3 is 2.39 bits per heavy atom. The van der Waals surface area contributed by atoms with Crippen LogP contribution in [0, 0.1) is 5.92 Å². The molecule has 4 heteroatoms. The zero-order valence-corrected chi connectivity index (χ0v) is 20.2. The summed E-state index contributed by atoms with van der Waals surface area (Å²) < 4.78 is 5.68. The van der Waals surface area contributed by atoms with E-state index in [0.717, 1.165) is 22.3 Å². The molecule has 0 radical (unpaired) electrons. The zero-order chi connectivity index (χ0) is 25.3. The van der Waals surface area contributed by atoms with Crippen molar-refractivity contribution in [3.63, 3.8) is 0 Å². The van der Waals surface area contributed by atoms with Crippen molar-refractivity contribution in [2.24, 2.45) is 5.92 Å². The molecule has 3 aromatic carbocycles. The standard InChI is InChI=1S/C32H28O4/c1-3-21-15-17-26-31(35)25(22-11-7-5-8-12-22)20-29(34)32(26,24-13-9-6-10-14-24)30(21)23-16-18-27(33)28(19-23)36-4-2/h3,5-16,18-20,26,30,33H,1,4,17H2,2H3. The summed E-state index contributed by atoms with van der Waals surface area (Å²) in [7, 11) is 0. The fourth-order valence-electron chi connectivity index (χ4n) is 5.86. The number of allylic oxidation sites excluding steroid dienone is 5. The Morgan fingerprint density at radius 2 is 1.72 bits per heavy atom. The molecule has 2 aliphatic carbocycles. The van der Waals surface area contributed by atoms with Gasteiger partial charge in [0.15, 0.2) is 23.1 Å².